The van der Waals surface area contributed by atoms with Gasteiger partial charge in [-0.1, -0.05) is 18.2 Å². The van der Waals surface area contributed by atoms with Crippen LogP contribution >= 0.6 is 0 Å². The van der Waals surface area contributed by atoms with Gasteiger partial charge in [-0.15, -0.1) is 0 Å². The van der Waals surface area contributed by atoms with E-state index >= 15 is 0 Å². The Hall–Kier alpha value is -1.88. The molecule has 5 nitrogen and oxygen atoms in total. The SMILES string of the molecule is O=C(NC(C(=O)N1CCOCC1)C12CC3CC(CC(C3)C1)C2)c1ccccc1. The molecule has 28 heavy (non-hydrogen) atoms. The number of carbonyl (C=O) groups excluding carboxylic acids is 2. The number of nitrogens with zero attached hydrogens (tertiary/aromatic N) is 1. The maximum atomic E-state index is 13.6. The first-order valence-electron chi connectivity index (χ1n) is 10.9. The molecule has 5 fully saturated rings. The molecule has 0 radical (unpaired) electrons. The van der Waals surface area contributed by atoms with Crippen molar-refractivity contribution in [2.75, 3.05) is 26.3 Å². The number of carbonyl (C=O) groups is 2. The average molecular weight is 383 g/mol. The lowest BCUT2D eigenvalue weighted by Gasteiger charge is -2.59. The highest BCUT2D eigenvalue weighted by Crippen LogP contribution is 2.61. The highest BCUT2D eigenvalue weighted by molar-refractivity contribution is 5.97. The number of hydrogen-bond donors (Lipinski definition) is 1. The summed E-state index contributed by atoms with van der Waals surface area (Å²) >= 11 is 0. The third kappa shape index (κ3) is 3.24. The van der Waals surface area contributed by atoms with Gasteiger partial charge in [0.05, 0.1) is 13.2 Å². The minimum Gasteiger partial charge on any atom is -0.378 e. The molecule has 1 aliphatic heterocycles. The first-order chi connectivity index (χ1) is 13.6. The molecule has 1 aromatic carbocycles. The van der Waals surface area contributed by atoms with Crippen molar-refractivity contribution in [2.45, 2.75) is 44.6 Å². The van der Waals surface area contributed by atoms with E-state index in [9.17, 15) is 9.59 Å². The van der Waals surface area contributed by atoms with Crippen LogP contribution < -0.4 is 5.32 Å². The second-order valence-electron chi connectivity index (χ2n) is 9.49. The molecule has 2 amide bonds. The maximum Gasteiger partial charge on any atom is 0.251 e. The molecule has 1 unspecified atom stereocenters. The summed E-state index contributed by atoms with van der Waals surface area (Å²) in [5.74, 6) is 2.19. The van der Waals surface area contributed by atoms with E-state index in [1.54, 1.807) is 0 Å². The smallest absolute Gasteiger partial charge is 0.251 e. The fraction of sp³-hybridized carbons (Fsp3) is 0.652. The molecule has 4 aliphatic carbocycles. The summed E-state index contributed by atoms with van der Waals surface area (Å²) in [6, 6.07) is 8.89. The molecular weight excluding hydrogens is 352 g/mol. The molecule has 1 N–H and O–H groups in total. The van der Waals surface area contributed by atoms with Gasteiger partial charge in [0.25, 0.3) is 5.91 Å². The van der Waals surface area contributed by atoms with E-state index in [4.69, 9.17) is 4.74 Å². The van der Waals surface area contributed by atoms with Crippen LogP contribution in [-0.2, 0) is 9.53 Å². The summed E-state index contributed by atoms with van der Waals surface area (Å²) in [6.07, 6.45) is 7.25. The zero-order chi connectivity index (χ0) is 19.1. The van der Waals surface area contributed by atoms with Crippen molar-refractivity contribution >= 4 is 11.8 Å². The van der Waals surface area contributed by atoms with Gasteiger partial charge in [0.2, 0.25) is 5.91 Å². The Morgan fingerprint density at radius 1 is 0.964 bits per heavy atom. The lowest BCUT2D eigenvalue weighted by molar-refractivity contribution is -0.148. The van der Waals surface area contributed by atoms with Crippen molar-refractivity contribution in [3.63, 3.8) is 0 Å². The van der Waals surface area contributed by atoms with Crippen LogP contribution in [0.5, 0.6) is 0 Å². The Balaban J connectivity index is 1.44. The van der Waals surface area contributed by atoms with Crippen LogP contribution in [0.25, 0.3) is 0 Å². The van der Waals surface area contributed by atoms with Crippen molar-refractivity contribution in [1.29, 1.82) is 0 Å². The van der Waals surface area contributed by atoms with Crippen LogP contribution in [0.2, 0.25) is 0 Å². The van der Waals surface area contributed by atoms with Crippen molar-refractivity contribution in [1.82, 2.24) is 10.2 Å². The molecule has 1 aromatic rings. The van der Waals surface area contributed by atoms with E-state index < -0.39 is 6.04 Å². The molecule has 1 atom stereocenters. The van der Waals surface area contributed by atoms with Crippen LogP contribution in [0.1, 0.15) is 48.9 Å². The quantitative estimate of drug-likeness (QED) is 0.871. The first kappa shape index (κ1) is 18.2. The minimum atomic E-state index is -0.410. The Kier molecular flexibility index (Phi) is 4.66. The van der Waals surface area contributed by atoms with Gasteiger partial charge < -0.3 is 15.0 Å². The predicted octanol–water partition coefficient (Wildman–Crippen LogP) is 2.86. The summed E-state index contributed by atoms with van der Waals surface area (Å²) < 4.78 is 5.45. The Bertz CT molecular complexity index is 706. The van der Waals surface area contributed by atoms with Crippen molar-refractivity contribution < 1.29 is 14.3 Å². The van der Waals surface area contributed by atoms with Gasteiger partial charge in [-0.2, -0.15) is 0 Å². The van der Waals surface area contributed by atoms with E-state index in [-0.39, 0.29) is 17.2 Å². The highest BCUT2D eigenvalue weighted by atomic mass is 16.5. The Morgan fingerprint density at radius 2 is 1.54 bits per heavy atom. The van der Waals surface area contributed by atoms with Gasteiger partial charge >= 0.3 is 0 Å². The van der Waals surface area contributed by atoms with E-state index in [1.165, 1.54) is 19.3 Å². The summed E-state index contributed by atoms with van der Waals surface area (Å²) in [5, 5.41) is 3.22. The maximum absolute atomic E-state index is 13.6. The van der Waals surface area contributed by atoms with Gasteiger partial charge in [-0.3, -0.25) is 9.59 Å². The fourth-order valence-electron chi connectivity index (χ4n) is 6.78. The van der Waals surface area contributed by atoms with E-state index in [0.29, 0.717) is 31.9 Å². The third-order valence-electron chi connectivity index (χ3n) is 7.58. The summed E-state index contributed by atoms with van der Waals surface area (Å²) in [5.41, 5.74) is 0.571. The van der Waals surface area contributed by atoms with E-state index in [0.717, 1.165) is 37.0 Å². The van der Waals surface area contributed by atoms with E-state index in [1.807, 2.05) is 35.2 Å². The highest BCUT2D eigenvalue weighted by Gasteiger charge is 2.57. The number of nitrogens with one attached hydrogen (secondary N) is 1. The molecule has 6 rings (SSSR count). The number of morpholine rings is 1. The standard InChI is InChI=1S/C23H30N2O3/c26-21(19-4-2-1-3-5-19)24-20(22(27)25-6-8-28-9-7-25)23-13-16-10-17(14-23)12-18(11-16)15-23/h1-5,16-18,20H,6-15H2,(H,24,26). The zero-order valence-corrected chi connectivity index (χ0v) is 16.4. The Labute approximate surface area is 166 Å². The van der Waals surface area contributed by atoms with E-state index in [2.05, 4.69) is 5.32 Å². The predicted molar refractivity (Wildman–Crippen MR) is 106 cm³/mol. The van der Waals surface area contributed by atoms with Crippen molar-refractivity contribution in [3.8, 4) is 0 Å². The molecule has 1 saturated heterocycles. The van der Waals surface area contributed by atoms with Crippen LogP contribution in [-0.4, -0.2) is 49.1 Å². The normalized spacial score (nSPS) is 34.9. The van der Waals surface area contributed by atoms with Gasteiger partial charge in [-0.05, 0) is 68.4 Å². The largest absolute Gasteiger partial charge is 0.378 e. The molecule has 4 bridgehead atoms. The summed E-state index contributed by atoms with van der Waals surface area (Å²) in [4.78, 5) is 28.6. The second-order valence-corrected chi connectivity index (χ2v) is 9.49. The molecule has 1 heterocycles. The number of rotatable bonds is 4. The number of amides is 2. The van der Waals surface area contributed by atoms with Gasteiger partial charge in [0, 0.05) is 24.1 Å². The van der Waals surface area contributed by atoms with Crippen LogP contribution in [0, 0.1) is 23.2 Å². The molecule has 5 aliphatic rings. The first-order valence-corrected chi connectivity index (χ1v) is 10.9. The molecule has 5 heteroatoms. The number of hydrogen-bond acceptors (Lipinski definition) is 3. The molecule has 4 saturated carbocycles. The lowest BCUT2D eigenvalue weighted by atomic mass is 9.47. The molecule has 150 valence electrons. The number of benzene rings is 1. The molecule has 0 spiro atoms. The number of ether oxygens (including phenoxy) is 1. The van der Waals surface area contributed by atoms with Crippen LogP contribution in [0.3, 0.4) is 0 Å². The molecular formula is C23H30N2O3. The monoisotopic (exact) mass is 382 g/mol. The fourth-order valence-corrected chi connectivity index (χ4v) is 6.78. The topological polar surface area (TPSA) is 58.6 Å². The summed E-state index contributed by atoms with van der Waals surface area (Å²) in [6.45, 7) is 2.43. The van der Waals surface area contributed by atoms with Crippen molar-refractivity contribution in [2.24, 2.45) is 23.2 Å². The zero-order valence-electron chi connectivity index (χ0n) is 16.4. The van der Waals surface area contributed by atoms with Gasteiger partial charge in [-0.25, -0.2) is 0 Å². The minimum absolute atomic E-state index is 0.0609. The van der Waals surface area contributed by atoms with Gasteiger partial charge in [0.15, 0.2) is 0 Å². The van der Waals surface area contributed by atoms with Gasteiger partial charge in [0.1, 0.15) is 6.04 Å². The molecule has 0 aromatic heterocycles. The summed E-state index contributed by atoms with van der Waals surface area (Å²) in [7, 11) is 0. The van der Waals surface area contributed by atoms with Crippen molar-refractivity contribution in [3.05, 3.63) is 35.9 Å². The third-order valence-corrected chi connectivity index (χ3v) is 7.58. The van der Waals surface area contributed by atoms with Crippen LogP contribution in [0.4, 0.5) is 0 Å². The van der Waals surface area contributed by atoms with Crippen LogP contribution in [0.15, 0.2) is 30.3 Å². The average Bonchev–Trinajstić information content (AvgIpc) is 2.71. The lowest BCUT2D eigenvalue weighted by Crippen LogP contribution is -2.63. The Morgan fingerprint density at radius 3 is 2.11 bits per heavy atom. The second kappa shape index (κ2) is 7.18.